The number of furan rings is 1. The Morgan fingerprint density at radius 1 is 1.21 bits per heavy atom. The van der Waals surface area contributed by atoms with E-state index in [-0.39, 0.29) is 12.5 Å². The molecule has 0 fully saturated rings. The van der Waals surface area contributed by atoms with Gasteiger partial charge in [0, 0.05) is 19.2 Å². The van der Waals surface area contributed by atoms with Crippen molar-refractivity contribution >= 4 is 21.9 Å². The number of benzene rings is 1. The summed E-state index contributed by atoms with van der Waals surface area (Å²) in [6, 6.07) is 8.54. The molecule has 8 nitrogen and oxygen atoms in total. The Labute approximate surface area is 164 Å². The third-order valence-corrected chi connectivity index (χ3v) is 4.82. The number of hydrogen-bond donors (Lipinski definition) is 1. The summed E-state index contributed by atoms with van der Waals surface area (Å²) in [5.74, 6) is 0.240. The second-order valence-corrected chi connectivity index (χ2v) is 8.28. The van der Waals surface area contributed by atoms with E-state index >= 15 is 0 Å². The summed E-state index contributed by atoms with van der Waals surface area (Å²) in [6.45, 7) is 2.16. The van der Waals surface area contributed by atoms with Crippen LogP contribution in [0.2, 0.25) is 0 Å². The summed E-state index contributed by atoms with van der Waals surface area (Å²) in [4.78, 5) is 25.7. The first kappa shape index (κ1) is 21.6. The molecule has 0 radical (unpaired) electrons. The van der Waals surface area contributed by atoms with Crippen molar-refractivity contribution in [2.45, 2.75) is 19.9 Å². The van der Waals surface area contributed by atoms with Gasteiger partial charge in [0.2, 0.25) is 10.0 Å². The molecule has 1 amide bonds. The lowest BCUT2D eigenvalue weighted by atomic mass is 10.1. The number of hydrogen-bond acceptors (Lipinski definition) is 6. The summed E-state index contributed by atoms with van der Waals surface area (Å²) >= 11 is 0. The number of aryl methyl sites for hydroxylation is 1. The quantitative estimate of drug-likeness (QED) is 0.667. The fraction of sp³-hybridized carbons (Fsp3) is 0.368. The maximum Gasteiger partial charge on any atom is 0.341 e. The van der Waals surface area contributed by atoms with E-state index in [1.165, 1.54) is 12.0 Å². The number of carbonyl (C=O) groups is 2. The van der Waals surface area contributed by atoms with Gasteiger partial charge in [0.15, 0.2) is 0 Å². The van der Waals surface area contributed by atoms with E-state index in [1.54, 1.807) is 44.3 Å². The van der Waals surface area contributed by atoms with E-state index < -0.39 is 16.0 Å². The second kappa shape index (κ2) is 9.03. The number of rotatable bonds is 8. The van der Waals surface area contributed by atoms with Gasteiger partial charge in [0.1, 0.15) is 17.1 Å². The lowest BCUT2D eigenvalue weighted by molar-refractivity contribution is 0.0598. The zero-order chi connectivity index (χ0) is 20.9. The minimum Gasteiger partial charge on any atom is -0.465 e. The molecule has 152 valence electrons. The molecule has 1 aromatic carbocycles. The highest BCUT2D eigenvalue weighted by atomic mass is 32.2. The predicted octanol–water partition coefficient (Wildman–Crippen LogP) is 1.74. The highest BCUT2D eigenvalue weighted by Crippen LogP contribution is 2.18. The molecule has 1 N–H and O–H groups in total. The Bertz CT molecular complexity index is 947. The lowest BCUT2D eigenvalue weighted by Gasteiger charge is -2.16. The van der Waals surface area contributed by atoms with Crippen LogP contribution in [0, 0.1) is 6.92 Å². The van der Waals surface area contributed by atoms with E-state index in [0.717, 1.165) is 11.8 Å². The fourth-order valence-corrected chi connectivity index (χ4v) is 3.13. The van der Waals surface area contributed by atoms with Crippen molar-refractivity contribution in [2.24, 2.45) is 0 Å². The van der Waals surface area contributed by atoms with Crippen LogP contribution in [0.3, 0.4) is 0 Å². The predicted molar refractivity (Wildman–Crippen MR) is 104 cm³/mol. The topological polar surface area (TPSA) is 106 Å². The molecule has 9 heteroatoms. The summed E-state index contributed by atoms with van der Waals surface area (Å²) in [6.07, 6.45) is 1.64. The molecular weight excluding hydrogens is 384 g/mol. The molecule has 1 heterocycles. The molecule has 0 aliphatic heterocycles. The Morgan fingerprint density at radius 3 is 2.43 bits per heavy atom. The van der Waals surface area contributed by atoms with Crippen LogP contribution in [0.5, 0.6) is 0 Å². The van der Waals surface area contributed by atoms with Gasteiger partial charge < -0.3 is 14.1 Å². The molecule has 0 unspecified atom stereocenters. The van der Waals surface area contributed by atoms with Crippen LogP contribution in [0.4, 0.5) is 0 Å². The molecule has 2 rings (SSSR count). The maximum atomic E-state index is 12.6. The van der Waals surface area contributed by atoms with Gasteiger partial charge in [-0.2, -0.15) is 0 Å². The number of esters is 1. The SMILES string of the molecule is COC(=O)c1cc(CN(C)C(=O)c2ccc(CCNS(C)(=O)=O)cc2)oc1C. The molecule has 0 aliphatic rings. The second-order valence-electron chi connectivity index (χ2n) is 6.45. The number of carbonyl (C=O) groups excluding carboxylic acids is 2. The third-order valence-electron chi connectivity index (χ3n) is 4.09. The Morgan fingerprint density at radius 2 is 1.86 bits per heavy atom. The largest absolute Gasteiger partial charge is 0.465 e. The minimum absolute atomic E-state index is 0.200. The van der Waals surface area contributed by atoms with Crippen LogP contribution in [-0.2, 0) is 27.7 Å². The van der Waals surface area contributed by atoms with E-state index in [0.29, 0.717) is 35.6 Å². The van der Waals surface area contributed by atoms with Crippen molar-refractivity contribution in [3.8, 4) is 0 Å². The number of amides is 1. The van der Waals surface area contributed by atoms with Gasteiger partial charge in [-0.3, -0.25) is 4.79 Å². The number of ether oxygens (including phenoxy) is 1. The van der Waals surface area contributed by atoms with Crippen molar-refractivity contribution in [3.05, 3.63) is 58.5 Å². The van der Waals surface area contributed by atoms with Crippen LogP contribution in [-0.4, -0.2) is 52.2 Å². The van der Waals surface area contributed by atoms with E-state index in [9.17, 15) is 18.0 Å². The molecule has 0 aliphatic carbocycles. The van der Waals surface area contributed by atoms with Crippen LogP contribution in [0.15, 0.2) is 34.7 Å². The summed E-state index contributed by atoms with van der Waals surface area (Å²) < 4.78 is 34.8. The van der Waals surface area contributed by atoms with Gasteiger partial charge >= 0.3 is 5.97 Å². The number of nitrogens with one attached hydrogen (secondary N) is 1. The molecular formula is C19H24N2O6S. The van der Waals surface area contributed by atoms with Crippen LogP contribution < -0.4 is 4.72 Å². The highest BCUT2D eigenvalue weighted by Gasteiger charge is 2.18. The lowest BCUT2D eigenvalue weighted by Crippen LogP contribution is -2.26. The van der Waals surface area contributed by atoms with Crippen molar-refractivity contribution in [1.29, 1.82) is 0 Å². The average Bonchev–Trinajstić information content (AvgIpc) is 3.00. The van der Waals surface area contributed by atoms with Crippen LogP contribution >= 0.6 is 0 Å². The summed E-state index contributed by atoms with van der Waals surface area (Å²) in [7, 11) is -0.277. The van der Waals surface area contributed by atoms with Gasteiger partial charge in [-0.25, -0.2) is 17.9 Å². The Kier molecular flexibility index (Phi) is 6.98. The molecule has 0 saturated carbocycles. The standard InChI is InChI=1S/C19H24N2O6S/c1-13-17(19(23)26-3)11-16(27-13)12-21(2)18(22)15-7-5-14(6-8-15)9-10-20-28(4,24)25/h5-8,11,20H,9-10,12H2,1-4H3. The first-order valence-electron chi connectivity index (χ1n) is 8.57. The minimum atomic E-state index is -3.21. The zero-order valence-electron chi connectivity index (χ0n) is 16.3. The number of nitrogens with zero attached hydrogens (tertiary/aromatic N) is 1. The van der Waals surface area contributed by atoms with E-state index in [4.69, 9.17) is 9.15 Å². The molecule has 0 spiro atoms. The van der Waals surface area contributed by atoms with Gasteiger partial charge in [-0.05, 0) is 37.1 Å². The Hall–Kier alpha value is -2.65. The summed E-state index contributed by atoms with van der Waals surface area (Å²) in [5.41, 5.74) is 1.75. The van der Waals surface area contributed by atoms with Crippen molar-refractivity contribution < 1.29 is 27.2 Å². The van der Waals surface area contributed by atoms with E-state index in [2.05, 4.69) is 4.72 Å². The van der Waals surface area contributed by atoms with Crippen molar-refractivity contribution in [2.75, 3.05) is 27.0 Å². The summed E-state index contributed by atoms with van der Waals surface area (Å²) in [5, 5.41) is 0. The van der Waals surface area contributed by atoms with Crippen molar-refractivity contribution in [1.82, 2.24) is 9.62 Å². The van der Waals surface area contributed by atoms with E-state index in [1.807, 2.05) is 0 Å². The zero-order valence-corrected chi connectivity index (χ0v) is 17.1. The molecule has 28 heavy (non-hydrogen) atoms. The molecule has 1 aromatic heterocycles. The Balaban J connectivity index is 1.98. The average molecular weight is 408 g/mol. The maximum absolute atomic E-state index is 12.6. The fourth-order valence-electron chi connectivity index (χ4n) is 2.65. The van der Waals surface area contributed by atoms with Gasteiger partial charge in [-0.1, -0.05) is 12.1 Å². The monoisotopic (exact) mass is 408 g/mol. The van der Waals surface area contributed by atoms with Crippen LogP contribution in [0.1, 0.15) is 37.8 Å². The molecule has 0 bridgehead atoms. The van der Waals surface area contributed by atoms with Gasteiger partial charge in [0.05, 0.1) is 19.9 Å². The first-order valence-corrected chi connectivity index (χ1v) is 10.5. The number of sulfonamides is 1. The van der Waals surface area contributed by atoms with Gasteiger partial charge in [0.25, 0.3) is 5.91 Å². The normalized spacial score (nSPS) is 11.3. The highest BCUT2D eigenvalue weighted by molar-refractivity contribution is 7.88. The molecule has 0 atom stereocenters. The smallest absolute Gasteiger partial charge is 0.341 e. The molecule has 0 saturated heterocycles. The van der Waals surface area contributed by atoms with Crippen LogP contribution in [0.25, 0.3) is 0 Å². The third kappa shape index (κ3) is 5.93. The van der Waals surface area contributed by atoms with Crippen molar-refractivity contribution in [3.63, 3.8) is 0 Å². The number of methoxy groups -OCH3 is 1. The van der Waals surface area contributed by atoms with Gasteiger partial charge in [-0.15, -0.1) is 0 Å². The molecule has 2 aromatic rings. The first-order chi connectivity index (χ1) is 13.1.